The molecule has 0 bridgehead atoms. The smallest absolute Gasteiger partial charge is 0.321 e. The molecule has 0 N–H and O–H groups in total. The number of hydrogen-bond acceptors (Lipinski definition) is 3. The molecule has 0 atom stereocenters. The predicted octanol–water partition coefficient (Wildman–Crippen LogP) is 3.93. The molecular weight excluding hydrogens is 248 g/mol. The van der Waals surface area contributed by atoms with Gasteiger partial charge in [-0.25, -0.2) is 9.97 Å². The lowest BCUT2D eigenvalue weighted by Crippen LogP contribution is -1.96. The molecular formula is C14H15ClN2O. The van der Waals surface area contributed by atoms with Crippen molar-refractivity contribution in [3.05, 3.63) is 46.8 Å². The molecule has 0 aliphatic carbocycles. The molecule has 0 aliphatic rings. The number of alkyl halides is 1. The topological polar surface area (TPSA) is 35.0 Å². The Hall–Kier alpha value is -1.61. The molecule has 1 aromatic heterocycles. The summed E-state index contributed by atoms with van der Waals surface area (Å²) in [6.07, 6.45) is 3.35. The highest BCUT2D eigenvalue weighted by atomic mass is 35.5. The largest absolute Gasteiger partial charge is 0.424 e. The van der Waals surface area contributed by atoms with E-state index < -0.39 is 0 Å². The van der Waals surface area contributed by atoms with Gasteiger partial charge in [-0.3, -0.25) is 0 Å². The van der Waals surface area contributed by atoms with Gasteiger partial charge in [-0.05, 0) is 43.5 Å². The standard InChI is InChI=1S/C14H15ClN2O/c1-9-4-10(2)11(3)13(5-9)18-14-16-7-12(6-15)8-17-14/h4-5,7-8H,6H2,1-3H3. The van der Waals surface area contributed by atoms with Gasteiger partial charge in [0.15, 0.2) is 0 Å². The maximum Gasteiger partial charge on any atom is 0.321 e. The van der Waals surface area contributed by atoms with E-state index in [9.17, 15) is 0 Å². The maximum atomic E-state index is 5.70. The Labute approximate surface area is 112 Å². The first-order chi connectivity index (χ1) is 8.60. The summed E-state index contributed by atoms with van der Waals surface area (Å²) in [6, 6.07) is 4.46. The van der Waals surface area contributed by atoms with Crippen molar-refractivity contribution in [1.82, 2.24) is 9.97 Å². The van der Waals surface area contributed by atoms with E-state index in [4.69, 9.17) is 16.3 Å². The van der Waals surface area contributed by atoms with Crippen LogP contribution in [0, 0.1) is 20.8 Å². The molecule has 1 aromatic carbocycles. The van der Waals surface area contributed by atoms with Crippen molar-refractivity contribution in [3.8, 4) is 11.8 Å². The zero-order valence-electron chi connectivity index (χ0n) is 10.7. The highest BCUT2D eigenvalue weighted by Gasteiger charge is 2.07. The molecule has 0 fully saturated rings. The fraction of sp³-hybridized carbons (Fsp3) is 0.286. The van der Waals surface area contributed by atoms with Gasteiger partial charge in [0.05, 0.1) is 5.88 Å². The van der Waals surface area contributed by atoms with Crippen LogP contribution in [-0.2, 0) is 5.88 Å². The second-order valence-electron chi connectivity index (χ2n) is 4.31. The molecule has 4 heteroatoms. The van der Waals surface area contributed by atoms with Crippen LogP contribution in [0.25, 0.3) is 0 Å². The van der Waals surface area contributed by atoms with Gasteiger partial charge in [-0.2, -0.15) is 0 Å². The number of aryl methyl sites for hydroxylation is 2. The third-order valence-corrected chi connectivity index (χ3v) is 3.11. The number of benzene rings is 1. The van der Waals surface area contributed by atoms with Crippen LogP contribution in [0.15, 0.2) is 24.5 Å². The second-order valence-corrected chi connectivity index (χ2v) is 4.58. The Kier molecular flexibility index (Phi) is 3.82. The number of hydrogen-bond donors (Lipinski definition) is 0. The summed E-state index contributed by atoms with van der Waals surface area (Å²) in [4.78, 5) is 8.25. The maximum absolute atomic E-state index is 5.70. The number of halogens is 1. The summed E-state index contributed by atoms with van der Waals surface area (Å²) < 4.78 is 5.70. The van der Waals surface area contributed by atoms with Crippen molar-refractivity contribution in [1.29, 1.82) is 0 Å². The quantitative estimate of drug-likeness (QED) is 0.786. The van der Waals surface area contributed by atoms with E-state index in [0.717, 1.165) is 22.4 Å². The molecule has 2 aromatic rings. The summed E-state index contributed by atoms with van der Waals surface area (Å²) in [6.45, 7) is 6.13. The van der Waals surface area contributed by atoms with Crippen LogP contribution in [0.1, 0.15) is 22.3 Å². The van der Waals surface area contributed by atoms with Gasteiger partial charge >= 0.3 is 6.01 Å². The second kappa shape index (κ2) is 5.36. The molecule has 0 radical (unpaired) electrons. The first kappa shape index (κ1) is 12.8. The Morgan fingerprint density at radius 3 is 2.39 bits per heavy atom. The lowest BCUT2D eigenvalue weighted by atomic mass is 10.1. The molecule has 18 heavy (non-hydrogen) atoms. The van der Waals surface area contributed by atoms with E-state index in [2.05, 4.69) is 23.0 Å². The SMILES string of the molecule is Cc1cc(C)c(C)c(Oc2ncc(CCl)cn2)c1. The van der Waals surface area contributed by atoms with E-state index in [1.54, 1.807) is 12.4 Å². The van der Waals surface area contributed by atoms with Gasteiger partial charge in [0.1, 0.15) is 5.75 Å². The number of rotatable bonds is 3. The van der Waals surface area contributed by atoms with Gasteiger partial charge in [-0.15, -0.1) is 11.6 Å². The fourth-order valence-electron chi connectivity index (χ4n) is 1.67. The third kappa shape index (κ3) is 2.79. The van der Waals surface area contributed by atoms with Crippen LogP contribution in [-0.4, -0.2) is 9.97 Å². The van der Waals surface area contributed by atoms with Crippen LogP contribution in [0.2, 0.25) is 0 Å². The van der Waals surface area contributed by atoms with E-state index >= 15 is 0 Å². The van der Waals surface area contributed by atoms with Crippen molar-refractivity contribution >= 4 is 11.6 Å². The normalized spacial score (nSPS) is 10.4. The first-order valence-corrected chi connectivity index (χ1v) is 6.26. The summed E-state index contributed by atoms with van der Waals surface area (Å²) in [7, 11) is 0. The monoisotopic (exact) mass is 262 g/mol. The van der Waals surface area contributed by atoms with Crippen molar-refractivity contribution < 1.29 is 4.74 Å². The molecule has 0 saturated carbocycles. The lowest BCUT2D eigenvalue weighted by molar-refractivity contribution is 0.437. The Balaban J connectivity index is 2.27. The van der Waals surface area contributed by atoms with Gasteiger partial charge in [0.25, 0.3) is 0 Å². The first-order valence-electron chi connectivity index (χ1n) is 5.72. The molecule has 0 unspecified atom stereocenters. The van der Waals surface area contributed by atoms with E-state index in [1.807, 2.05) is 19.9 Å². The molecule has 2 rings (SSSR count). The molecule has 94 valence electrons. The van der Waals surface area contributed by atoms with Crippen LogP contribution in [0.5, 0.6) is 11.8 Å². The fourth-order valence-corrected chi connectivity index (χ4v) is 1.81. The van der Waals surface area contributed by atoms with Crippen molar-refractivity contribution in [2.45, 2.75) is 26.7 Å². The third-order valence-electron chi connectivity index (χ3n) is 2.80. The minimum absolute atomic E-state index is 0.344. The molecule has 0 aliphatic heterocycles. The zero-order valence-corrected chi connectivity index (χ0v) is 11.5. The number of ether oxygens (including phenoxy) is 1. The van der Waals surface area contributed by atoms with E-state index in [1.165, 1.54) is 5.56 Å². The Bertz CT molecular complexity index is 552. The van der Waals surface area contributed by atoms with Gasteiger partial charge in [-0.1, -0.05) is 6.07 Å². The van der Waals surface area contributed by atoms with Gasteiger partial charge in [0, 0.05) is 18.0 Å². The summed E-state index contributed by atoms with van der Waals surface area (Å²) >= 11 is 5.69. The minimum Gasteiger partial charge on any atom is -0.424 e. The van der Waals surface area contributed by atoms with Crippen molar-refractivity contribution in [2.24, 2.45) is 0 Å². The summed E-state index contributed by atoms with van der Waals surface area (Å²) in [5.41, 5.74) is 4.33. The highest BCUT2D eigenvalue weighted by molar-refractivity contribution is 6.17. The highest BCUT2D eigenvalue weighted by Crippen LogP contribution is 2.26. The van der Waals surface area contributed by atoms with Crippen LogP contribution >= 0.6 is 11.6 Å². The van der Waals surface area contributed by atoms with Crippen LogP contribution in [0.4, 0.5) is 0 Å². The number of aromatic nitrogens is 2. The average molecular weight is 263 g/mol. The van der Waals surface area contributed by atoms with Crippen molar-refractivity contribution in [2.75, 3.05) is 0 Å². The average Bonchev–Trinajstić information content (AvgIpc) is 2.36. The predicted molar refractivity (Wildman–Crippen MR) is 72.3 cm³/mol. The summed E-state index contributed by atoms with van der Waals surface area (Å²) in [5.74, 6) is 1.20. The molecule has 3 nitrogen and oxygen atoms in total. The Morgan fingerprint density at radius 1 is 1.11 bits per heavy atom. The van der Waals surface area contributed by atoms with E-state index in [0.29, 0.717) is 11.9 Å². The van der Waals surface area contributed by atoms with Crippen molar-refractivity contribution in [3.63, 3.8) is 0 Å². The van der Waals surface area contributed by atoms with Crippen LogP contribution < -0.4 is 4.74 Å². The zero-order chi connectivity index (χ0) is 13.1. The van der Waals surface area contributed by atoms with Gasteiger partial charge < -0.3 is 4.74 Å². The van der Waals surface area contributed by atoms with Gasteiger partial charge in [0.2, 0.25) is 0 Å². The van der Waals surface area contributed by atoms with Crippen LogP contribution in [0.3, 0.4) is 0 Å². The summed E-state index contributed by atoms with van der Waals surface area (Å²) in [5, 5.41) is 0. The lowest BCUT2D eigenvalue weighted by Gasteiger charge is -2.10. The molecule has 1 heterocycles. The minimum atomic E-state index is 0.344. The Morgan fingerprint density at radius 2 is 1.78 bits per heavy atom. The molecule has 0 saturated heterocycles. The molecule has 0 spiro atoms. The molecule has 0 amide bonds. The van der Waals surface area contributed by atoms with E-state index in [-0.39, 0.29) is 0 Å². The number of nitrogens with zero attached hydrogens (tertiary/aromatic N) is 2.